The number of methoxy groups -OCH3 is 1. The Hall–Kier alpha value is -4.84. The van der Waals surface area contributed by atoms with E-state index in [1.54, 1.807) is 61.7 Å². The monoisotopic (exact) mass is 536 g/mol. The van der Waals surface area contributed by atoms with Crippen molar-refractivity contribution in [2.45, 2.75) is 33.1 Å². The second-order valence-corrected chi connectivity index (χ2v) is 9.70. The van der Waals surface area contributed by atoms with Crippen LogP contribution < -0.4 is 9.47 Å². The minimum Gasteiger partial charge on any atom is -0.497 e. The molecule has 0 aliphatic rings. The van der Waals surface area contributed by atoms with Crippen LogP contribution in [0, 0.1) is 0 Å². The van der Waals surface area contributed by atoms with Crippen molar-refractivity contribution in [3.8, 4) is 11.5 Å². The molecule has 0 saturated carbocycles. The topological polar surface area (TPSA) is 86.7 Å². The number of carbonyl (C=O) groups excluding carboxylic acids is 4. The summed E-state index contributed by atoms with van der Waals surface area (Å²) in [6.45, 7) is 7.28. The van der Waals surface area contributed by atoms with Gasteiger partial charge in [-0.3, -0.25) is 14.4 Å². The molecule has 0 fully saturated rings. The highest BCUT2D eigenvalue weighted by molar-refractivity contribution is 5.97. The summed E-state index contributed by atoms with van der Waals surface area (Å²) in [5, 5.41) is 0. The number of benzene rings is 4. The van der Waals surface area contributed by atoms with Gasteiger partial charge in [-0.25, -0.2) is 4.79 Å². The zero-order valence-electron chi connectivity index (χ0n) is 23.3. The Balaban J connectivity index is 0.000000307. The fourth-order valence-corrected chi connectivity index (χ4v) is 3.96. The lowest BCUT2D eigenvalue weighted by Crippen LogP contribution is -2.18. The lowest BCUT2D eigenvalue weighted by molar-refractivity contribution is 0.0734. The van der Waals surface area contributed by atoms with E-state index in [-0.39, 0.29) is 17.0 Å². The normalized spacial score (nSPS) is 10.5. The molecule has 0 radical (unpaired) electrons. The number of ether oxygens (including phenoxy) is 2. The number of Topliss-reactive ketones (excluding diaryl/α,β-unsaturated/α-hetero) is 2. The van der Waals surface area contributed by atoms with E-state index in [1.807, 2.05) is 36.4 Å². The van der Waals surface area contributed by atoms with E-state index < -0.39 is 5.97 Å². The smallest absolute Gasteiger partial charge is 0.343 e. The van der Waals surface area contributed by atoms with E-state index in [1.165, 1.54) is 19.9 Å². The average Bonchev–Trinajstić information content (AvgIpc) is 2.97. The third kappa shape index (κ3) is 7.60. The van der Waals surface area contributed by atoms with Crippen LogP contribution in [0.4, 0.5) is 0 Å². The number of aldehydes is 1. The van der Waals surface area contributed by atoms with Crippen LogP contribution in [0.15, 0.2) is 97.1 Å². The molecular formula is C34H32O6. The Labute approximate surface area is 234 Å². The molecule has 4 aromatic carbocycles. The molecule has 0 heterocycles. The van der Waals surface area contributed by atoms with Crippen molar-refractivity contribution in [1.82, 2.24) is 0 Å². The van der Waals surface area contributed by atoms with Crippen molar-refractivity contribution < 1.29 is 28.7 Å². The number of carbonyl (C=O) groups is 4. The maximum atomic E-state index is 12.3. The zero-order valence-corrected chi connectivity index (χ0v) is 23.3. The van der Waals surface area contributed by atoms with Gasteiger partial charge in [-0.1, -0.05) is 74.5 Å². The van der Waals surface area contributed by atoms with Crippen LogP contribution in [0.25, 0.3) is 0 Å². The number of rotatable bonds is 8. The van der Waals surface area contributed by atoms with Crippen LogP contribution in [0.3, 0.4) is 0 Å². The summed E-state index contributed by atoms with van der Waals surface area (Å²) in [7, 11) is 1.65. The van der Waals surface area contributed by atoms with Crippen molar-refractivity contribution >= 4 is 23.8 Å². The second-order valence-electron chi connectivity index (χ2n) is 9.70. The van der Waals surface area contributed by atoms with Crippen LogP contribution >= 0.6 is 0 Å². The van der Waals surface area contributed by atoms with E-state index >= 15 is 0 Å². The Morgan fingerprint density at radius 1 is 0.650 bits per heavy atom. The molecule has 4 aromatic rings. The quantitative estimate of drug-likeness (QED) is 0.103. The van der Waals surface area contributed by atoms with Crippen LogP contribution in [0.2, 0.25) is 0 Å². The van der Waals surface area contributed by atoms with Gasteiger partial charge in [-0.05, 0) is 61.4 Å². The van der Waals surface area contributed by atoms with E-state index in [0.29, 0.717) is 34.3 Å². The van der Waals surface area contributed by atoms with Crippen LogP contribution in [-0.4, -0.2) is 30.9 Å². The molecule has 40 heavy (non-hydrogen) atoms. The Morgan fingerprint density at radius 3 is 1.55 bits per heavy atom. The van der Waals surface area contributed by atoms with Gasteiger partial charge in [0.1, 0.15) is 17.8 Å². The minimum atomic E-state index is -0.495. The maximum absolute atomic E-state index is 12.3. The van der Waals surface area contributed by atoms with Crippen molar-refractivity contribution in [2.75, 3.05) is 7.11 Å². The lowest BCUT2D eigenvalue weighted by Gasteiger charge is -2.26. The molecule has 0 aliphatic heterocycles. The summed E-state index contributed by atoms with van der Waals surface area (Å²) in [6.07, 6.45) is 0.701. The van der Waals surface area contributed by atoms with E-state index in [2.05, 4.69) is 13.8 Å². The summed E-state index contributed by atoms with van der Waals surface area (Å²) in [5.74, 6) is 0.817. The van der Waals surface area contributed by atoms with Gasteiger partial charge in [0.15, 0.2) is 11.6 Å². The van der Waals surface area contributed by atoms with Crippen LogP contribution in [0.1, 0.15) is 80.3 Å². The molecule has 0 aromatic heterocycles. The van der Waals surface area contributed by atoms with Crippen molar-refractivity contribution in [3.05, 3.63) is 130 Å². The highest BCUT2D eigenvalue weighted by Crippen LogP contribution is 2.33. The van der Waals surface area contributed by atoms with Gasteiger partial charge in [0, 0.05) is 22.1 Å². The molecular weight excluding hydrogens is 504 g/mol. The zero-order chi connectivity index (χ0) is 29.3. The fraction of sp³-hybridized carbons (Fsp3) is 0.176. The second kappa shape index (κ2) is 13.3. The molecule has 0 aliphatic carbocycles. The van der Waals surface area contributed by atoms with Gasteiger partial charge in [0.05, 0.1) is 12.7 Å². The molecule has 0 bridgehead atoms. The Bertz CT molecular complexity index is 1450. The molecule has 6 nitrogen and oxygen atoms in total. The predicted octanol–water partition coefficient (Wildman–Crippen LogP) is 7.14. The molecule has 204 valence electrons. The summed E-state index contributed by atoms with van der Waals surface area (Å²) < 4.78 is 10.7. The summed E-state index contributed by atoms with van der Waals surface area (Å²) in [5.41, 5.74) is 4.09. The molecule has 4 rings (SSSR count). The first-order valence-electron chi connectivity index (χ1n) is 12.7. The number of hydrogen-bond donors (Lipinski definition) is 0. The van der Waals surface area contributed by atoms with Gasteiger partial charge in [-0.15, -0.1) is 0 Å². The first kappa shape index (κ1) is 29.7. The third-order valence-corrected chi connectivity index (χ3v) is 6.55. The fourth-order valence-electron chi connectivity index (χ4n) is 3.96. The maximum Gasteiger partial charge on any atom is 0.343 e. The average molecular weight is 537 g/mol. The highest BCUT2D eigenvalue weighted by Gasteiger charge is 2.23. The predicted molar refractivity (Wildman–Crippen MR) is 155 cm³/mol. The van der Waals surface area contributed by atoms with Crippen molar-refractivity contribution in [2.24, 2.45) is 0 Å². The Kier molecular flexibility index (Phi) is 9.87. The van der Waals surface area contributed by atoms with Gasteiger partial charge in [-0.2, -0.15) is 0 Å². The number of ketones is 2. The molecule has 0 unspecified atom stereocenters. The highest BCUT2D eigenvalue weighted by atomic mass is 16.5. The third-order valence-electron chi connectivity index (χ3n) is 6.55. The van der Waals surface area contributed by atoms with Gasteiger partial charge in [0.25, 0.3) is 0 Å². The van der Waals surface area contributed by atoms with Gasteiger partial charge < -0.3 is 9.47 Å². The van der Waals surface area contributed by atoms with Crippen LogP contribution in [0.5, 0.6) is 11.5 Å². The van der Waals surface area contributed by atoms with Gasteiger partial charge >= 0.3 is 5.97 Å². The molecule has 0 N–H and O–H groups in total. The van der Waals surface area contributed by atoms with E-state index in [4.69, 9.17) is 9.47 Å². The molecule has 0 saturated heterocycles. The first-order chi connectivity index (χ1) is 19.0. The lowest BCUT2D eigenvalue weighted by atomic mass is 9.78. The molecule has 0 spiro atoms. The molecule has 6 heteroatoms. The minimum absolute atomic E-state index is 0.0186. The van der Waals surface area contributed by atoms with E-state index in [9.17, 15) is 19.2 Å². The largest absolute Gasteiger partial charge is 0.497 e. The molecule has 0 atom stereocenters. The van der Waals surface area contributed by atoms with Crippen molar-refractivity contribution in [1.29, 1.82) is 0 Å². The van der Waals surface area contributed by atoms with Crippen molar-refractivity contribution in [3.63, 3.8) is 0 Å². The summed E-state index contributed by atoms with van der Waals surface area (Å²) in [4.78, 5) is 44.8. The Morgan fingerprint density at radius 2 is 1.12 bits per heavy atom. The summed E-state index contributed by atoms with van der Waals surface area (Å²) in [6, 6.07) is 28.5. The first-order valence-corrected chi connectivity index (χ1v) is 12.7. The van der Waals surface area contributed by atoms with Crippen LogP contribution in [-0.2, 0) is 5.41 Å². The SMILES string of the molecule is CC(=O)c1ccc(C(C)=O)cc1.COc1ccc(C(C)(C)c2ccc(OC(=O)c3cccc(C=O)c3)cc2)cc1. The summed E-state index contributed by atoms with van der Waals surface area (Å²) >= 11 is 0. The van der Waals surface area contributed by atoms with Gasteiger partial charge in [0.2, 0.25) is 0 Å². The number of hydrogen-bond acceptors (Lipinski definition) is 6. The molecule has 0 amide bonds. The standard InChI is InChI=1S/C24H22O4.C10H10O2/c1-24(2,19-7-11-21(27-3)12-8-19)20-9-13-22(14-10-20)28-23(26)18-6-4-5-17(15-18)16-25;1-7(11)9-3-5-10(6-4-9)8(2)12/h4-16H,1-3H3;3-6H,1-2H3. The van der Waals surface area contributed by atoms with E-state index in [0.717, 1.165) is 16.9 Å². The number of esters is 1.